The highest BCUT2D eigenvalue weighted by Crippen LogP contribution is 2.32. The SMILES string of the molecule is O=S(=O)(c1ccccc1Br)N1C[C@@H]2C[C@H]1CN2. The van der Waals surface area contributed by atoms with Gasteiger partial charge in [0.15, 0.2) is 0 Å². The number of fused-ring (bicyclic) bond motifs is 2. The Labute approximate surface area is 109 Å². The van der Waals surface area contributed by atoms with Crippen molar-refractivity contribution in [1.29, 1.82) is 0 Å². The summed E-state index contributed by atoms with van der Waals surface area (Å²) < 4.78 is 27.3. The van der Waals surface area contributed by atoms with Crippen LogP contribution in [0.3, 0.4) is 0 Å². The molecule has 1 aromatic carbocycles. The predicted octanol–water partition coefficient (Wildman–Crippen LogP) is 1.18. The minimum atomic E-state index is -3.35. The van der Waals surface area contributed by atoms with Crippen molar-refractivity contribution in [3.8, 4) is 0 Å². The maximum atomic E-state index is 12.5. The van der Waals surface area contributed by atoms with Gasteiger partial charge in [-0.2, -0.15) is 4.31 Å². The van der Waals surface area contributed by atoms with Crippen LogP contribution < -0.4 is 5.32 Å². The zero-order valence-electron chi connectivity index (χ0n) is 9.14. The summed E-state index contributed by atoms with van der Waals surface area (Å²) in [5, 5.41) is 3.31. The molecule has 2 atom stereocenters. The fourth-order valence-electron chi connectivity index (χ4n) is 2.60. The molecule has 17 heavy (non-hydrogen) atoms. The number of hydrogen-bond donors (Lipinski definition) is 1. The summed E-state index contributed by atoms with van der Waals surface area (Å²) in [5.74, 6) is 0. The van der Waals surface area contributed by atoms with Crippen molar-refractivity contribution in [3.05, 3.63) is 28.7 Å². The maximum Gasteiger partial charge on any atom is 0.244 e. The Balaban J connectivity index is 2.00. The topological polar surface area (TPSA) is 49.4 Å². The number of halogens is 1. The molecule has 4 nitrogen and oxygen atoms in total. The zero-order valence-corrected chi connectivity index (χ0v) is 11.5. The molecule has 1 N–H and O–H groups in total. The van der Waals surface area contributed by atoms with E-state index in [9.17, 15) is 8.42 Å². The second-order valence-electron chi connectivity index (χ2n) is 4.50. The molecule has 6 heteroatoms. The highest BCUT2D eigenvalue weighted by molar-refractivity contribution is 9.10. The molecule has 2 aliphatic heterocycles. The van der Waals surface area contributed by atoms with E-state index in [-0.39, 0.29) is 6.04 Å². The quantitative estimate of drug-likeness (QED) is 0.891. The van der Waals surface area contributed by atoms with Crippen LogP contribution in [0.1, 0.15) is 6.42 Å². The molecular weight excluding hydrogens is 304 g/mol. The van der Waals surface area contributed by atoms with Gasteiger partial charge in [0, 0.05) is 29.6 Å². The third-order valence-corrected chi connectivity index (χ3v) is 6.36. The fraction of sp³-hybridized carbons (Fsp3) is 0.455. The van der Waals surface area contributed by atoms with Gasteiger partial charge in [0.2, 0.25) is 10.0 Å². The monoisotopic (exact) mass is 316 g/mol. The lowest BCUT2D eigenvalue weighted by Crippen LogP contribution is -2.46. The van der Waals surface area contributed by atoms with Gasteiger partial charge >= 0.3 is 0 Å². The lowest BCUT2D eigenvalue weighted by molar-refractivity contribution is 0.348. The van der Waals surface area contributed by atoms with E-state index in [1.54, 1.807) is 22.5 Å². The first kappa shape index (κ1) is 11.6. The zero-order chi connectivity index (χ0) is 12.0. The minimum absolute atomic E-state index is 0.122. The number of nitrogens with zero attached hydrogens (tertiary/aromatic N) is 1. The van der Waals surface area contributed by atoms with Crippen LogP contribution in [0.5, 0.6) is 0 Å². The summed E-state index contributed by atoms with van der Waals surface area (Å²) in [5.41, 5.74) is 0. The predicted molar refractivity (Wildman–Crippen MR) is 68.2 cm³/mol. The van der Waals surface area contributed by atoms with Gasteiger partial charge in [-0.25, -0.2) is 8.42 Å². The van der Waals surface area contributed by atoms with E-state index in [0.717, 1.165) is 13.0 Å². The van der Waals surface area contributed by atoms with Crippen LogP contribution >= 0.6 is 15.9 Å². The molecule has 0 saturated carbocycles. The van der Waals surface area contributed by atoms with Gasteiger partial charge in [0.25, 0.3) is 0 Å². The molecule has 1 aromatic rings. The summed E-state index contributed by atoms with van der Waals surface area (Å²) in [4.78, 5) is 0.368. The summed E-state index contributed by atoms with van der Waals surface area (Å²) in [6, 6.07) is 7.44. The Morgan fingerprint density at radius 2 is 2.12 bits per heavy atom. The van der Waals surface area contributed by atoms with Crippen molar-refractivity contribution in [2.45, 2.75) is 23.4 Å². The van der Waals surface area contributed by atoms with Gasteiger partial charge in [-0.3, -0.25) is 0 Å². The molecule has 0 radical (unpaired) electrons. The van der Waals surface area contributed by atoms with Crippen molar-refractivity contribution in [2.24, 2.45) is 0 Å². The molecule has 2 aliphatic rings. The van der Waals surface area contributed by atoms with Crippen LogP contribution in [0.15, 0.2) is 33.6 Å². The molecular formula is C11H13BrN2O2S. The second-order valence-corrected chi connectivity index (χ2v) is 7.21. The summed E-state index contributed by atoms with van der Waals surface area (Å²) >= 11 is 3.31. The van der Waals surface area contributed by atoms with Crippen molar-refractivity contribution >= 4 is 26.0 Å². The maximum absolute atomic E-state index is 12.5. The largest absolute Gasteiger partial charge is 0.311 e. The first-order valence-electron chi connectivity index (χ1n) is 5.59. The molecule has 0 spiro atoms. The molecule has 0 aromatic heterocycles. The molecule has 2 fully saturated rings. The van der Waals surface area contributed by atoms with Crippen molar-refractivity contribution in [2.75, 3.05) is 13.1 Å². The van der Waals surface area contributed by atoms with Crippen LogP contribution in [-0.4, -0.2) is 37.9 Å². The van der Waals surface area contributed by atoms with Gasteiger partial charge in [-0.1, -0.05) is 12.1 Å². The lowest BCUT2D eigenvalue weighted by atomic mass is 10.2. The first-order chi connectivity index (χ1) is 8.09. The number of rotatable bonds is 2. The molecule has 2 saturated heterocycles. The first-order valence-corrected chi connectivity index (χ1v) is 7.82. The van der Waals surface area contributed by atoms with Crippen LogP contribution in [0.2, 0.25) is 0 Å². The third kappa shape index (κ3) is 1.83. The lowest BCUT2D eigenvalue weighted by Gasteiger charge is -2.26. The van der Waals surface area contributed by atoms with E-state index in [1.807, 2.05) is 6.07 Å². The normalized spacial score (nSPS) is 28.8. The van der Waals surface area contributed by atoms with Crippen LogP contribution in [0, 0.1) is 0 Å². The van der Waals surface area contributed by atoms with Gasteiger partial charge in [0.05, 0.1) is 4.90 Å². The molecule has 3 rings (SSSR count). The molecule has 0 aliphatic carbocycles. The Kier molecular flexibility index (Phi) is 2.77. The van der Waals surface area contributed by atoms with Gasteiger partial charge in [-0.15, -0.1) is 0 Å². The van der Waals surface area contributed by atoms with Crippen LogP contribution in [0.25, 0.3) is 0 Å². The number of piperazine rings is 1. The van der Waals surface area contributed by atoms with E-state index in [2.05, 4.69) is 21.2 Å². The molecule has 92 valence electrons. The Bertz CT molecular complexity index is 546. The molecule has 0 amide bonds. The van der Waals surface area contributed by atoms with Crippen LogP contribution in [0.4, 0.5) is 0 Å². The van der Waals surface area contributed by atoms with E-state index < -0.39 is 10.0 Å². The Morgan fingerprint density at radius 1 is 1.35 bits per heavy atom. The number of hydrogen-bond acceptors (Lipinski definition) is 3. The highest BCUT2D eigenvalue weighted by Gasteiger charge is 2.44. The van der Waals surface area contributed by atoms with E-state index in [1.165, 1.54) is 0 Å². The highest BCUT2D eigenvalue weighted by atomic mass is 79.9. The van der Waals surface area contributed by atoms with Crippen molar-refractivity contribution in [1.82, 2.24) is 9.62 Å². The Hall–Kier alpha value is -0.430. The molecule has 0 unspecified atom stereocenters. The standard InChI is InChI=1S/C11H13BrN2O2S/c12-10-3-1-2-4-11(10)17(15,16)14-7-8-5-9(14)6-13-8/h1-4,8-9,13H,5-7H2/t8-,9-/m0/s1. The summed E-state index contributed by atoms with van der Waals surface area (Å²) in [7, 11) is -3.35. The second kappa shape index (κ2) is 4.05. The average Bonchev–Trinajstić information content (AvgIpc) is 2.91. The van der Waals surface area contributed by atoms with Gasteiger partial charge < -0.3 is 5.32 Å². The minimum Gasteiger partial charge on any atom is -0.311 e. The third-order valence-electron chi connectivity index (χ3n) is 3.43. The number of sulfonamides is 1. The van der Waals surface area contributed by atoms with Crippen molar-refractivity contribution < 1.29 is 8.42 Å². The van der Waals surface area contributed by atoms with Gasteiger partial charge in [0.1, 0.15) is 0 Å². The summed E-state index contributed by atoms with van der Waals surface area (Å²) in [6.45, 7) is 1.36. The van der Waals surface area contributed by atoms with E-state index in [4.69, 9.17) is 0 Å². The number of benzene rings is 1. The van der Waals surface area contributed by atoms with Crippen LogP contribution in [-0.2, 0) is 10.0 Å². The van der Waals surface area contributed by atoms with E-state index in [0.29, 0.717) is 22.0 Å². The molecule has 2 heterocycles. The van der Waals surface area contributed by atoms with Crippen molar-refractivity contribution in [3.63, 3.8) is 0 Å². The van der Waals surface area contributed by atoms with Gasteiger partial charge in [-0.05, 0) is 34.5 Å². The molecule has 2 bridgehead atoms. The number of nitrogens with one attached hydrogen (secondary N) is 1. The van der Waals surface area contributed by atoms with E-state index >= 15 is 0 Å². The average molecular weight is 317 g/mol. The smallest absolute Gasteiger partial charge is 0.244 e. The summed E-state index contributed by atoms with van der Waals surface area (Å²) in [6.07, 6.45) is 0.934. The fourth-order valence-corrected chi connectivity index (χ4v) is 5.24. The Morgan fingerprint density at radius 3 is 2.71 bits per heavy atom.